The highest BCUT2D eigenvalue weighted by Gasteiger charge is 2.48. The molecule has 1 unspecified atom stereocenters. The zero-order valence-electron chi connectivity index (χ0n) is 19.0. The molecule has 168 valence electrons. The minimum Gasteiger partial charge on any atom is -0.444 e. The number of likely N-dealkylation sites (tertiary alicyclic amines) is 1. The molecule has 0 saturated carbocycles. The number of hydrogen-bond acceptors (Lipinski definition) is 6. The van der Waals surface area contributed by atoms with Gasteiger partial charge in [-0.1, -0.05) is 24.3 Å². The minimum atomic E-state index is -0.547. The van der Waals surface area contributed by atoms with E-state index in [1.54, 1.807) is 6.21 Å². The summed E-state index contributed by atoms with van der Waals surface area (Å²) in [5.41, 5.74) is 2.34. The van der Waals surface area contributed by atoms with Crippen molar-refractivity contribution in [2.45, 2.75) is 58.6 Å². The third-order valence-corrected chi connectivity index (χ3v) is 6.08. The lowest BCUT2D eigenvalue weighted by Gasteiger charge is -2.44. The number of benzene rings is 1. The van der Waals surface area contributed by atoms with E-state index in [0.717, 1.165) is 32.4 Å². The van der Waals surface area contributed by atoms with Gasteiger partial charge in [-0.15, -0.1) is 0 Å². The van der Waals surface area contributed by atoms with Crippen molar-refractivity contribution in [2.24, 2.45) is 15.4 Å². The highest BCUT2D eigenvalue weighted by molar-refractivity contribution is 5.69. The Morgan fingerprint density at radius 1 is 1.35 bits per heavy atom. The van der Waals surface area contributed by atoms with Crippen molar-refractivity contribution < 1.29 is 14.6 Å². The van der Waals surface area contributed by atoms with E-state index < -0.39 is 5.60 Å². The Morgan fingerprint density at radius 2 is 2.03 bits per heavy atom. The number of carbonyl (C=O) groups excluding carboxylic acids is 1. The standard InChI is InChI=1S/C24H34N4O3/c1-6-26-19(16-29)21(25-5)28-13-11-24(12-14-28)15-17-9-7-8-10-18(17)20(24)27-22(30)31-23(2,3)4/h6-10,20,29H,5,11-16H2,1-4H3,(H,27,30)/b21-19+,26-6?. The largest absolute Gasteiger partial charge is 0.444 e. The van der Waals surface area contributed by atoms with Gasteiger partial charge in [0.1, 0.15) is 11.3 Å². The first-order valence-corrected chi connectivity index (χ1v) is 10.8. The van der Waals surface area contributed by atoms with Gasteiger partial charge >= 0.3 is 6.09 Å². The van der Waals surface area contributed by atoms with Crippen LogP contribution in [0.15, 0.2) is 45.8 Å². The molecule has 1 fully saturated rings. The first-order chi connectivity index (χ1) is 14.7. The second kappa shape index (κ2) is 9.22. The Labute approximate surface area is 184 Å². The van der Waals surface area contributed by atoms with Crippen molar-refractivity contribution in [1.82, 2.24) is 10.2 Å². The van der Waals surface area contributed by atoms with Gasteiger partial charge in [-0.25, -0.2) is 9.79 Å². The molecule has 7 heteroatoms. The topological polar surface area (TPSA) is 86.5 Å². The Bertz CT molecular complexity index is 877. The molecule has 0 radical (unpaired) electrons. The summed E-state index contributed by atoms with van der Waals surface area (Å²) in [6, 6.07) is 8.23. The fourth-order valence-electron chi connectivity index (χ4n) is 4.77. The summed E-state index contributed by atoms with van der Waals surface area (Å²) in [6.45, 7) is 12.4. The molecule has 1 heterocycles. The van der Waals surface area contributed by atoms with E-state index in [-0.39, 0.29) is 24.2 Å². The number of carbonyl (C=O) groups is 1. The Hall–Kier alpha value is -2.67. The first-order valence-electron chi connectivity index (χ1n) is 10.8. The van der Waals surface area contributed by atoms with Crippen LogP contribution >= 0.6 is 0 Å². The van der Waals surface area contributed by atoms with Crippen molar-refractivity contribution in [3.05, 3.63) is 46.9 Å². The van der Waals surface area contributed by atoms with Gasteiger partial charge in [-0.05, 0) is 64.8 Å². The Kier molecular flexibility index (Phi) is 6.84. The van der Waals surface area contributed by atoms with Gasteiger partial charge in [0.2, 0.25) is 0 Å². The van der Waals surface area contributed by atoms with Crippen LogP contribution in [0.3, 0.4) is 0 Å². The third kappa shape index (κ3) is 4.98. The molecule has 1 saturated heterocycles. The van der Waals surface area contributed by atoms with Gasteiger partial charge in [0, 0.05) is 24.7 Å². The van der Waals surface area contributed by atoms with Crippen LogP contribution in [0.1, 0.15) is 57.7 Å². The van der Waals surface area contributed by atoms with Gasteiger partial charge < -0.3 is 20.1 Å². The summed E-state index contributed by atoms with van der Waals surface area (Å²) < 4.78 is 5.56. The van der Waals surface area contributed by atoms with E-state index in [2.05, 4.69) is 45.1 Å². The quantitative estimate of drug-likeness (QED) is 0.701. The fraction of sp³-hybridized carbons (Fsp3) is 0.542. The van der Waals surface area contributed by atoms with Crippen LogP contribution in [0.25, 0.3) is 0 Å². The lowest BCUT2D eigenvalue weighted by Crippen LogP contribution is -2.47. The molecule has 1 amide bonds. The summed E-state index contributed by atoms with van der Waals surface area (Å²) in [5, 5.41) is 12.9. The Balaban J connectivity index is 1.84. The number of nitrogens with one attached hydrogen (secondary N) is 1. The molecular formula is C24H34N4O3. The van der Waals surface area contributed by atoms with Crippen molar-refractivity contribution in [1.29, 1.82) is 0 Å². The number of piperidine rings is 1. The number of hydrogen-bond donors (Lipinski definition) is 2. The highest BCUT2D eigenvalue weighted by atomic mass is 16.6. The summed E-state index contributed by atoms with van der Waals surface area (Å²) in [4.78, 5) is 23.2. The molecular weight excluding hydrogens is 392 g/mol. The SMILES string of the molecule is C=N/C(=C(/CO)N=CC)N1CCC2(CC1)Cc1ccccc1C2NC(=O)OC(C)(C)C. The van der Waals surface area contributed by atoms with Crippen LogP contribution in [0.2, 0.25) is 0 Å². The maximum Gasteiger partial charge on any atom is 0.408 e. The molecule has 1 aromatic rings. The zero-order chi connectivity index (χ0) is 22.6. The normalized spacial score (nSPS) is 21.1. The average molecular weight is 427 g/mol. The molecule has 7 nitrogen and oxygen atoms in total. The van der Waals surface area contributed by atoms with E-state index in [1.165, 1.54) is 11.1 Å². The number of rotatable bonds is 5. The van der Waals surface area contributed by atoms with E-state index in [4.69, 9.17) is 4.74 Å². The summed E-state index contributed by atoms with van der Waals surface area (Å²) in [6.07, 6.45) is 3.92. The number of aliphatic imine (C=N–C) groups is 2. The van der Waals surface area contributed by atoms with Crippen LogP contribution in [0, 0.1) is 5.41 Å². The summed E-state index contributed by atoms with van der Waals surface area (Å²) in [7, 11) is 0. The third-order valence-electron chi connectivity index (χ3n) is 6.08. The van der Waals surface area contributed by atoms with Crippen LogP contribution in [0.5, 0.6) is 0 Å². The molecule has 3 rings (SSSR count). The molecule has 1 atom stereocenters. The predicted octanol–water partition coefficient (Wildman–Crippen LogP) is 3.84. The minimum absolute atomic E-state index is 0.0865. The molecule has 1 spiro atoms. The molecule has 0 aromatic heterocycles. The lowest BCUT2D eigenvalue weighted by atomic mass is 9.72. The van der Waals surface area contributed by atoms with Crippen LogP contribution < -0.4 is 5.32 Å². The lowest BCUT2D eigenvalue weighted by molar-refractivity contribution is 0.0374. The highest BCUT2D eigenvalue weighted by Crippen LogP contribution is 2.52. The molecule has 0 bridgehead atoms. The van der Waals surface area contributed by atoms with Crippen molar-refractivity contribution in [2.75, 3.05) is 19.7 Å². The van der Waals surface area contributed by atoms with Crippen molar-refractivity contribution in [3.63, 3.8) is 0 Å². The Morgan fingerprint density at radius 3 is 2.61 bits per heavy atom. The average Bonchev–Trinajstić information content (AvgIpc) is 3.00. The van der Waals surface area contributed by atoms with E-state index in [1.807, 2.05) is 33.8 Å². The molecule has 2 N–H and O–H groups in total. The number of ether oxygens (including phenoxy) is 1. The first kappa shape index (κ1) is 23.0. The zero-order valence-corrected chi connectivity index (χ0v) is 19.0. The smallest absolute Gasteiger partial charge is 0.408 e. The number of alkyl carbamates (subject to hydrolysis) is 1. The van der Waals surface area contributed by atoms with E-state index >= 15 is 0 Å². The van der Waals surface area contributed by atoms with Crippen LogP contribution in [-0.2, 0) is 11.2 Å². The van der Waals surface area contributed by atoms with Gasteiger partial charge in [0.15, 0.2) is 5.82 Å². The fourth-order valence-corrected chi connectivity index (χ4v) is 4.77. The van der Waals surface area contributed by atoms with Crippen LogP contribution in [-0.4, -0.2) is 54.3 Å². The second-order valence-electron chi connectivity index (χ2n) is 9.28. The van der Waals surface area contributed by atoms with Crippen molar-refractivity contribution in [3.8, 4) is 0 Å². The number of aliphatic hydroxyl groups excluding tert-OH is 1. The van der Waals surface area contributed by atoms with Gasteiger partial charge in [0.25, 0.3) is 0 Å². The maximum absolute atomic E-state index is 12.7. The molecule has 2 aliphatic rings. The van der Waals surface area contributed by atoms with Crippen LogP contribution in [0.4, 0.5) is 4.79 Å². The van der Waals surface area contributed by atoms with Gasteiger partial charge in [-0.3, -0.25) is 4.99 Å². The number of aliphatic hydroxyl groups is 1. The van der Waals surface area contributed by atoms with Gasteiger partial charge in [0.05, 0.1) is 12.6 Å². The number of nitrogens with zero attached hydrogens (tertiary/aromatic N) is 3. The number of amides is 1. The molecule has 1 aliphatic heterocycles. The number of fused-ring (bicyclic) bond motifs is 1. The van der Waals surface area contributed by atoms with E-state index in [9.17, 15) is 9.90 Å². The van der Waals surface area contributed by atoms with Gasteiger partial charge in [-0.2, -0.15) is 0 Å². The molecule has 31 heavy (non-hydrogen) atoms. The summed E-state index contributed by atoms with van der Waals surface area (Å²) >= 11 is 0. The molecule has 1 aromatic carbocycles. The monoisotopic (exact) mass is 426 g/mol. The van der Waals surface area contributed by atoms with E-state index in [0.29, 0.717) is 11.5 Å². The summed E-state index contributed by atoms with van der Waals surface area (Å²) in [5.74, 6) is 0.627. The second-order valence-corrected chi connectivity index (χ2v) is 9.28. The maximum atomic E-state index is 12.7. The predicted molar refractivity (Wildman–Crippen MR) is 123 cm³/mol. The van der Waals surface area contributed by atoms with Crippen molar-refractivity contribution >= 4 is 19.0 Å². The molecule has 1 aliphatic carbocycles.